The van der Waals surface area contributed by atoms with Gasteiger partial charge in [-0.1, -0.05) is 6.07 Å². The Morgan fingerprint density at radius 1 is 1.54 bits per heavy atom. The summed E-state index contributed by atoms with van der Waals surface area (Å²) in [5.74, 6) is -0.0341. The molecule has 1 aromatic rings. The Kier molecular flexibility index (Phi) is 2.36. The molecule has 1 aromatic heterocycles. The maximum absolute atomic E-state index is 7.44. The Balaban J connectivity index is 2.82. The highest BCUT2D eigenvalue weighted by molar-refractivity contribution is 5.17. The van der Waals surface area contributed by atoms with Crippen molar-refractivity contribution < 1.29 is 15.0 Å². The number of nitrogens with two attached hydrogens (primary N) is 1. The topological polar surface area (TPSA) is 57.4 Å². The van der Waals surface area contributed by atoms with Crippen LogP contribution in [-0.2, 0) is 11.3 Å². The van der Waals surface area contributed by atoms with E-state index < -0.39 is 13.1 Å². The largest absolute Gasteiger partial charge is 0.475 e. The standard InChI is InChI=1S/C9H14N2O2/c1-12-4-5-13-9-3-2-8(6-10)7-11-9/h2-3,7H,4-6,10H2,1H3/i4D2,5D2. The summed E-state index contributed by atoms with van der Waals surface area (Å²) in [5.41, 5.74) is 6.15. The number of methoxy groups -OCH3 is 1. The molecule has 1 rings (SSSR count). The fourth-order valence-electron chi connectivity index (χ4n) is 0.707. The van der Waals surface area contributed by atoms with Crippen LogP contribution in [0.5, 0.6) is 5.88 Å². The van der Waals surface area contributed by atoms with E-state index >= 15 is 0 Å². The SMILES string of the molecule is [2H]C([2H])(OC)C([2H])([2H])Oc1ccc(CN)cn1. The molecule has 0 unspecified atom stereocenters. The number of aromatic nitrogens is 1. The van der Waals surface area contributed by atoms with Crippen molar-refractivity contribution in [1.82, 2.24) is 4.98 Å². The summed E-state index contributed by atoms with van der Waals surface area (Å²) in [6.07, 6.45) is 1.44. The van der Waals surface area contributed by atoms with E-state index in [0.29, 0.717) is 6.54 Å². The smallest absolute Gasteiger partial charge is 0.213 e. The molecule has 0 spiro atoms. The molecule has 2 N–H and O–H groups in total. The molecule has 0 atom stereocenters. The number of hydrogen-bond donors (Lipinski definition) is 1. The second-order valence-corrected chi connectivity index (χ2v) is 2.22. The molecule has 1 heterocycles. The maximum Gasteiger partial charge on any atom is 0.213 e. The van der Waals surface area contributed by atoms with Crippen LogP contribution in [0.1, 0.15) is 11.0 Å². The Labute approximate surface area is 83.3 Å². The highest BCUT2D eigenvalue weighted by Gasteiger charge is 1.94. The average molecular weight is 186 g/mol. The lowest BCUT2D eigenvalue weighted by Gasteiger charge is -2.04. The maximum atomic E-state index is 7.44. The summed E-state index contributed by atoms with van der Waals surface area (Å²) in [4.78, 5) is 3.82. The van der Waals surface area contributed by atoms with E-state index in [1.54, 1.807) is 6.07 Å². The minimum Gasteiger partial charge on any atom is -0.475 e. The fraction of sp³-hybridized carbons (Fsp3) is 0.444. The van der Waals surface area contributed by atoms with E-state index in [9.17, 15) is 0 Å². The number of pyridine rings is 1. The zero-order valence-corrected chi connectivity index (χ0v) is 7.28. The van der Waals surface area contributed by atoms with Gasteiger partial charge in [0, 0.05) is 25.9 Å². The van der Waals surface area contributed by atoms with Crippen molar-refractivity contribution in [3.63, 3.8) is 0 Å². The molecule has 0 radical (unpaired) electrons. The summed E-state index contributed by atoms with van der Waals surface area (Å²) >= 11 is 0. The van der Waals surface area contributed by atoms with Gasteiger partial charge >= 0.3 is 0 Å². The zero-order valence-electron chi connectivity index (χ0n) is 11.3. The first kappa shape index (κ1) is 5.57. The Hall–Kier alpha value is -1.13. The molecular weight excluding hydrogens is 168 g/mol. The molecule has 0 saturated carbocycles. The van der Waals surface area contributed by atoms with Crippen LogP contribution >= 0.6 is 0 Å². The van der Waals surface area contributed by atoms with Gasteiger partial charge < -0.3 is 15.2 Å². The van der Waals surface area contributed by atoms with Gasteiger partial charge in [0.05, 0.1) is 12.0 Å². The minimum absolute atomic E-state index is 0.0341. The van der Waals surface area contributed by atoms with Crippen molar-refractivity contribution in [3.05, 3.63) is 23.9 Å². The van der Waals surface area contributed by atoms with E-state index in [1.807, 2.05) is 0 Å². The Morgan fingerprint density at radius 2 is 2.38 bits per heavy atom. The van der Waals surface area contributed by atoms with Crippen LogP contribution in [0.4, 0.5) is 0 Å². The van der Waals surface area contributed by atoms with Gasteiger partial charge in [-0.15, -0.1) is 0 Å². The highest BCUT2D eigenvalue weighted by Crippen LogP contribution is 2.06. The number of ether oxygens (including phenoxy) is 2. The molecule has 0 aliphatic rings. The van der Waals surface area contributed by atoms with Crippen molar-refractivity contribution >= 4 is 0 Å². The third-order valence-corrected chi connectivity index (χ3v) is 1.33. The molecule has 0 aliphatic carbocycles. The van der Waals surface area contributed by atoms with Gasteiger partial charge in [0.15, 0.2) is 0 Å². The summed E-state index contributed by atoms with van der Waals surface area (Å²) in [7, 11) is 1.06. The van der Waals surface area contributed by atoms with Gasteiger partial charge in [-0.2, -0.15) is 0 Å². The normalized spacial score (nSPS) is 16.8. The lowest BCUT2D eigenvalue weighted by molar-refractivity contribution is 0.143. The third kappa shape index (κ3) is 3.40. The Bertz CT molecular complexity index is 370. The van der Waals surface area contributed by atoms with Gasteiger partial charge in [-0.25, -0.2) is 4.98 Å². The van der Waals surface area contributed by atoms with Crippen LogP contribution < -0.4 is 10.5 Å². The summed E-state index contributed by atoms with van der Waals surface area (Å²) in [6, 6.07) is 3.05. The summed E-state index contributed by atoms with van der Waals surface area (Å²) in [5, 5.41) is 0. The molecule has 0 fully saturated rings. The lowest BCUT2D eigenvalue weighted by atomic mass is 10.3. The minimum atomic E-state index is -2.64. The van der Waals surface area contributed by atoms with Crippen LogP contribution in [0.15, 0.2) is 18.3 Å². The predicted molar refractivity (Wildman–Crippen MR) is 49.5 cm³/mol. The number of rotatable bonds is 5. The van der Waals surface area contributed by atoms with E-state index in [1.165, 1.54) is 12.3 Å². The summed E-state index contributed by atoms with van der Waals surface area (Å²) < 4.78 is 38.7. The van der Waals surface area contributed by atoms with Gasteiger partial charge in [-0.3, -0.25) is 0 Å². The fourth-order valence-corrected chi connectivity index (χ4v) is 0.707. The Morgan fingerprint density at radius 3 is 2.92 bits per heavy atom. The molecule has 0 amide bonds. The first-order valence-electron chi connectivity index (χ1n) is 5.71. The molecule has 0 bridgehead atoms. The van der Waals surface area contributed by atoms with E-state index in [0.717, 1.165) is 12.7 Å². The molecular formula is C9H14N2O2. The first-order chi connectivity index (χ1) is 7.82. The van der Waals surface area contributed by atoms with Crippen LogP contribution in [-0.4, -0.2) is 25.2 Å². The molecule has 0 aliphatic heterocycles. The lowest BCUT2D eigenvalue weighted by Crippen LogP contribution is -2.05. The second-order valence-electron chi connectivity index (χ2n) is 2.22. The second kappa shape index (κ2) is 5.50. The third-order valence-electron chi connectivity index (χ3n) is 1.33. The molecule has 4 heteroatoms. The number of nitrogens with zero attached hydrogens (tertiary/aromatic N) is 1. The van der Waals surface area contributed by atoms with Crippen molar-refractivity contribution in [1.29, 1.82) is 0 Å². The zero-order chi connectivity index (χ0) is 13.1. The van der Waals surface area contributed by atoms with Crippen molar-refractivity contribution in [2.75, 3.05) is 20.2 Å². The molecule has 13 heavy (non-hydrogen) atoms. The van der Waals surface area contributed by atoms with E-state index in [2.05, 4.69) is 9.72 Å². The molecule has 4 nitrogen and oxygen atoms in total. The first-order valence-corrected chi connectivity index (χ1v) is 3.71. The summed E-state index contributed by atoms with van der Waals surface area (Å²) in [6.45, 7) is -4.89. The molecule has 0 aromatic carbocycles. The predicted octanol–water partition coefficient (Wildman–Crippen LogP) is 0.566. The highest BCUT2D eigenvalue weighted by atomic mass is 16.5. The van der Waals surface area contributed by atoms with Gasteiger partial charge in [0.2, 0.25) is 5.88 Å². The molecule has 0 saturated heterocycles. The molecule has 72 valence electrons. The van der Waals surface area contributed by atoms with Crippen LogP contribution in [0.25, 0.3) is 0 Å². The van der Waals surface area contributed by atoms with Crippen LogP contribution in [0.2, 0.25) is 0 Å². The van der Waals surface area contributed by atoms with E-state index in [4.69, 9.17) is 16.0 Å². The number of hydrogen-bond acceptors (Lipinski definition) is 4. The van der Waals surface area contributed by atoms with Gasteiger partial charge in [-0.05, 0) is 5.56 Å². The van der Waals surface area contributed by atoms with Gasteiger partial charge in [0.1, 0.15) is 6.56 Å². The van der Waals surface area contributed by atoms with Crippen molar-refractivity contribution in [2.45, 2.75) is 6.54 Å². The van der Waals surface area contributed by atoms with Gasteiger partial charge in [0.25, 0.3) is 0 Å². The average Bonchev–Trinajstić information content (AvgIpc) is 2.29. The monoisotopic (exact) mass is 186 g/mol. The van der Waals surface area contributed by atoms with Crippen LogP contribution in [0.3, 0.4) is 0 Å². The quantitative estimate of drug-likeness (QED) is 0.730. The van der Waals surface area contributed by atoms with E-state index in [-0.39, 0.29) is 5.88 Å². The van der Waals surface area contributed by atoms with Crippen molar-refractivity contribution in [3.8, 4) is 5.88 Å². The van der Waals surface area contributed by atoms with Crippen LogP contribution in [0, 0.1) is 0 Å². The van der Waals surface area contributed by atoms with Crippen molar-refractivity contribution in [2.24, 2.45) is 5.73 Å².